The maximum absolute atomic E-state index is 12.7. The summed E-state index contributed by atoms with van der Waals surface area (Å²) in [6.07, 6.45) is 9.05. The lowest BCUT2D eigenvalue weighted by atomic mass is 9.97. The van der Waals surface area contributed by atoms with Crippen molar-refractivity contribution in [1.29, 1.82) is 0 Å². The topological polar surface area (TPSA) is 73.2 Å². The molecule has 6 nitrogen and oxygen atoms in total. The molecule has 1 atom stereocenters. The van der Waals surface area contributed by atoms with Crippen molar-refractivity contribution in [3.05, 3.63) is 65.1 Å². The van der Waals surface area contributed by atoms with E-state index < -0.39 is 11.7 Å². The second-order valence-corrected chi connectivity index (χ2v) is 7.07. The summed E-state index contributed by atoms with van der Waals surface area (Å²) >= 11 is 0. The van der Waals surface area contributed by atoms with E-state index in [1.807, 2.05) is 13.8 Å². The van der Waals surface area contributed by atoms with Crippen molar-refractivity contribution < 1.29 is 14.3 Å². The molecule has 0 radical (unpaired) electrons. The van der Waals surface area contributed by atoms with E-state index in [0.29, 0.717) is 23.0 Å². The van der Waals surface area contributed by atoms with E-state index in [1.54, 1.807) is 18.2 Å². The number of nitrogens with one attached hydrogen (secondary N) is 1. The highest BCUT2D eigenvalue weighted by atomic mass is 16.5. The van der Waals surface area contributed by atoms with Gasteiger partial charge >= 0.3 is 0 Å². The summed E-state index contributed by atoms with van der Waals surface area (Å²) < 4.78 is 7.15. The van der Waals surface area contributed by atoms with Gasteiger partial charge in [0.25, 0.3) is 11.7 Å². The van der Waals surface area contributed by atoms with Crippen LogP contribution in [0.25, 0.3) is 0 Å². The molecule has 1 unspecified atom stereocenters. The van der Waals surface area contributed by atoms with Gasteiger partial charge in [0.15, 0.2) is 0 Å². The number of hydrogen-bond acceptors (Lipinski definition) is 4. The summed E-state index contributed by atoms with van der Waals surface area (Å²) in [4.78, 5) is 29.2. The van der Waals surface area contributed by atoms with E-state index in [1.165, 1.54) is 18.9 Å². The Kier molecular flexibility index (Phi) is 5.78. The molecule has 0 saturated heterocycles. The second kappa shape index (κ2) is 8.25. The van der Waals surface area contributed by atoms with Gasteiger partial charge in [0, 0.05) is 41.4 Å². The van der Waals surface area contributed by atoms with Crippen LogP contribution in [0.15, 0.2) is 48.2 Å². The fourth-order valence-electron chi connectivity index (χ4n) is 3.36. The summed E-state index contributed by atoms with van der Waals surface area (Å²) in [5, 5.41) is 2.62. The number of Topliss-reactive ketones (excluding diaryl/α,β-unsaturated/α-hetero) is 1. The minimum absolute atomic E-state index is 0.369. The second-order valence-electron chi connectivity index (χ2n) is 7.07. The van der Waals surface area contributed by atoms with Gasteiger partial charge in [0.1, 0.15) is 0 Å². The highest BCUT2D eigenvalue weighted by Crippen LogP contribution is 2.23. The van der Waals surface area contributed by atoms with Crippen molar-refractivity contribution in [3.63, 3.8) is 0 Å². The van der Waals surface area contributed by atoms with Gasteiger partial charge in [-0.1, -0.05) is 23.8 Å². The van der Waals surface area contributed by atoms with Gasteiger partial charge in [-0.05, 0) is 45.2 Å². The third-order valence-electron chi connectivity index (χ3n) is 5.02. The quantitative estimate of drug-likeness (QED) is 0.611. The Bertz CT molecular complexity index is 969. The molecule has 0 aromatic carbocycles. The van der Waals surface area contributed by atoms with Crippen LogP contribution in [0.4, 0.5) is 5.69 Å². The van der Waals surface area contributed by atoms with Gasteiger partial charge < -0.3 is 14.6 Å². The van der Waals surface area contributed by atoms with Crippen molar-refractivity contribution in [2.75, 3.05) is 12.4 Å². The van der Waals surface area contributed by atoms with Crippen LogP contribution in [-0.2, 0) is 11.3 Å². The number of rotatable bonds is 6. The van der Waals surface area contributed by atoms with E-state index in [-0.39, 0.29) is 0 Å². The Balaban J connectivity index is 1.75. The van der Waals surface area contributed by atoms with Crippen molar-refractivity contribution in [2.24, 2.45) is 5.92 Å². The molecule has 1 amide bonds. The molecule has 28 heavy (non-hydrogen) atoms. The molecule has 0 aliphatic heterocycles. The normalized spacial score (nSPS) is 15.9. The number of ether oxygens (including phenoxy) is 1. The summed E-state index contributed by atoms with van der Waals surface area (Å²) in [6, 6.07) is 4.97. The summed E-state index contributed by atoms with van der Waals surface area (Å²) in [7, 11) is 1.49. The molecular formula is C22H25N3O3. The van der Waals surface area contributed by atoms with Crippen molar-refractivity contribution in [1.82, 2.24) is 9.55 Å². The zero-order valence-corrected chi connectivity index (χ0v) is 16.7. The fourth-order valence-corrected chi connectivity index (χ4v) is 3.36. The molecular weight excluding hydrogens is 354 g/mol. The number of methoxy groups -OCH3 is 1. The maximum Gasteiger partial charge on any atom is 0.296 e. The Morgan fingerprint density at radius 2 is 2.07 bits per heavy atom. The zero-order valence-electron chi connectivity index (χ0n) is 16.7. The van der Waals surface area contributed by atoms with E-state index in [2.05, 4.69) is 40.0 Å². The monoisotopic (exact) mass is 379 g/mol. The number of allylic oxidation sites excluding steroid dienone is 4. The van der Waals surface area contributed by atoms with Gasteiger partial charge in [-0.25, -0.2) is 4.98 Å². The first-order valence-corrected chi connectivity index (χ1v) is 9.26. The number of anilines is 1. The number of aromatic nitrogens is 2. The molecule has 146 valence electrons. The molecule has 3 rings (SSSR count). The Hall–Kier alpha value is -3.15. The number of carbonyl (C=O) groups excluding carboxylic acids is 2. The predicted octanol–water partition coefficient (Wildman–Crippen LogP) is 3.85. The van der Waals surface area contributed by atoms with Gasteiger partial charge in [0.05, 0.1) is 7.11 Å². The van der Waals surface area contributed by atoms with Crippen molar-refractivity contribution in [3.8, 4) is 5.88 Å². The van der Waals surface area contributed by atoms with Crippen LogP contribution in [-0.4, -0.2) is 28.4 Å². The number of pyridine rings is 1. The van der Waals surface area contributed by atoms with Crippen LogP contribution in [0, 0.1) is 19.8 Å². The molecule has 0 spiro atoms. The molecule has 0 fully saturated rings. The molecule has 1 aliphatic rings. The van der Waals surface area contributed by atoms with Gasteiger partial charge in [-0.3, -0.25) is 9.59 Å². The highest BCUT2D eigenvalue weighted by molar-refractivity contribution is 6.46. The first-order chi connectivity index (χ1) is 13.4. The number of carbonyl (C=O) groups is 2. The van der Waals surface area contributed by atoms with Crippen LogP contribution < -0.4 is 10.1 Å². The number of aryl methyl sites for hydroxylation is 1. The largest absolute Gasteiger partial charge is 0.481 e. The van der Waals surface area contributed by atoms with Crippen molar-refractivity contribution in [2.45, 2.75) is 33.7 Å². The smallest absolute Gasteiger partial charge is 0.296 e. The number of ketones is 1. The number of amides is 1. The summed E-state index contributed by atoms with van der Waals surface area (Å²) in [5.74, 6) is -0.475. The Labute approximate surface area is 164 Å². The third-order valence-corrected chi connectivity index (χ3v) is 5.02. The van der Waals surface area contributed by atoms with Crippen LogP contribution in [0.3, 0.4) is 0 Å². The molecule has 6 heteroatoms. The lowest BCUT2D eigenvalue weighted by Crippen LogP contribution is -2.23. The van der Waals surface area contributed by atoms with Gasteiger partial charge in [-0.2, -0.15) is 0 Å². The van der Waals surface area contributed by atoms with Crippen LogP contribution in [0.1, 0.15) is 35.1 Å². The van der Waals surface area contributed by atoms with Crippen molar-refractivity contribution >= 4 is 17.4 Å². The van der Waals surface area contributed by atoms with Crippen LogP contribution in [0.2, 0.25) is 0 Å². The zero-order chi connectivity index (χ0) is 20.3. The standard InChI is InChI=1S/C22H25N3O3/c1-14-5-7-17(8-6-14)13-25-15(2)11-19(16(25)3)21(26)22(27)24-18-9-10-23-20(12-18)28-4/h5-7,9-12,17H,8,13H2,1-4H3,(H,23,24,27). The first kappa shape index (κ1) is 19.6. The lowest BCUT2D eigenvalue weighted by Gasteiger charge is -2.18. The number of hydrogen-bond donors (Lipinski definition) is 1. The van der Waals surface area contributed by atoms with E-state index in [0.717, 1.165) is 24.4 Å². The fraction of sp³-hybridized carbons (Fsp3) is 0.318. The SMILES string of the molecule is COc1cc(NC(=O)C(=O)c2cc(C)n(CC3C=CC(C)=CC3)c2C)ccn1. The molecule has 2 aromatic heterocycles. The third kappa shape index (κ3) is 4.22. The minimum atomic E-state index is -0.676. The molecule has 2 aromatic rings. The number of nitrogens with zero attached hydrogens (tertiary/aromatic N) is 2. The van der Waals surface area contributed by atoms with Crippen LogP contribution >= 0.6 is 0 Å². The molecule has 2 heterocycles. The van der Waals surface area contributed by atoms with E-state index in [9.17, 15) is 9.59 Å². The summed E-state index contributed by atoms with van der Waals surface area (Å²) in [6.45, 7) is 6.72. The molecule has 0 saturated carbocycles. The average Bonchev–Trinajstić information content (AvgIpc) is 2.97. The molecule has 1 aliphatic carbocycles. The molecule has 1 N–H and O–H groups in total. The van der Waals surface area contributed by atoms with E-state index in [4.69, 9.17) is 4.74 Å². The van der Waals surface area contributed by atoms with Crippen LogP contribution in [0.5, 0.6) is 5.88 Å². The minimum Gasteiger partial charge on any atom is -0.481 e. The Morgan fingerprint density at radius 1 is 1.29 bits per heavy atom. The maximum atomic E-state index is 12.7. The predicted molar refractivity (Wildman–Crippen MR) is 109 cm³/mol. The Morgan fingerprint density at radius 3 is 2.75 bits per heavy atom. The summed E-state index contributed by atoms with van der Waals surface area (Å²) in [5.41, 5.74) is 3.96. The van der Waals surface area contributed by atoms with Gasteiger partial charge in [0.2, 0.25) is 5.88 Å². The molecule has 0 bridgehead atoms. The lowest BCUT2D eigenvalue weighted by molar-refractivity contribution is -0.112. The highest BCUT2D eigenvalue weighted by Gasteiger charge is 2.23. The van der Waals surface area contributed by atoms with Gasteiger partial charge in [-0.15, -0.1) is 0 Å². The average molecular weight is 379 g/mol. The van der Waals surface area contributed by atoms with E-state index >= 15 is 0 Å². The first-order valence-electron chi connectivity index (χ1n) is 9.26.